The van der Waals surface area contributed by atoms with E-state index in [1.807, 2.05) is 20.8 Å². The molecule has 0 saturated carbocycles. The molecule has 0 aromatic rings. The molecule has 0 aromatic carbocycles. The molecule has 0 spiro atoms. The van der Waals surface area contributed by atoms with Crippen molar-refractivity contribution >= 4 is 61.6 Å². The van der Waals surface area contributed by atoms with Gasteiger partial charge in [0.2, 0.25) is 0 Å². The molecule has 3 saturated heterocycles. The van der Waals surface area contributed by atoms with Crippen molar-refractivity contribution in [3.63, 3.8) is 0 Å². The molecule has 12 nitrogen and oxygen atoms in total. The van der Waals surface area contributed by atoms with Crippen molar-refractivity contribution in [3.05, 3.63) is 85.9 Å². The molecule has 3 fully saturated rings. The van der Waals surface area contributed by atoms with Gasteiger partial charge < -0.3 is 50.3 Å². The van der Waals surface area contributed by atoms with Crippen LogP contribution in [-0.2, 0) is 50.3 Å². The van der Waals surface area contributed by atoms with E-state index in [2.05, 4.69) is 46.1 Å². The van der Waals surface area contributed by atoms with E-state index in [1.165, 1.54) is 39.9 Å². The Kier molecular flexibility index (Phi) is 13.8. The molecule has 0 aromatic heterocycles. The largest absolute Gasteiger partial charge is 0.514 e. The molecule has 3 rings (SSSR count). The van der Waals surface area contributed by atoms with Crippen molar-refractivity contribution in [2.45, 2.75) is 59.3 Å². The molecule has 19 heteroatoms. The van der Waals surface area contributed by atoms with E-state index in [-0.39, 0.29) is 19.8 Å². The Balaban J connectivity index is 2.41. The van der Waals surface area contributed by atoms with Gasteiger partial charge in [-0.05, 0) is 59.2 Å². The summed E-state index contributed by atoms with van der Waals surface area (Å²) >= 11 is 0. The summed E-state index contributed by atoms with van der Waals surface area (Å²) in [7, 11) is -28.9. The Hall–Kier alpha value is -0.782. The maximum Gasteiger partial charge on any atom is 0.514 e. The van der Waals surface area contributed by atoms with Gasteiger partial charge in [0.05, 0.1) is 0 Å². The Morgan fingerprint density at radius 2 is 0.600 bits per heavy atom. The van der Waals surface area contributed by atoms with Crippen LogP contribution in [0.1, 0.15) is 59.3 Å². The zero-order valence-electron chi connectivity index (χ0n) is 26.8. The quantitative estimate of drug-likeness (QED) is 0.127. The van der Waals surface area contributed by atoms with Crippen LogP contribution in [0.3, 0.4) is 0 Å². The maximum absolute atomic E-state index is 6.80. The minimum absolute atomic E-state index is 0.270. The molecule has 0 radical (unpaired) electrons. The van der Waals surface area contributed by atoms with Crippen molar-refractivity contribution in [3.8, 4) is 0 Å². The number of hydrogen-bond donors (Lipinski definition) is 0. The summed E-state index contributed by atoms with van der Waals surface area (Å²) in [6, 6.07) is 0. The summed E-state index contributed by atoms with van der Waals surface area (Å²) in [5.74, 6) is 0. The molecule has 0 amide bonds. The molecule has 252 valence electrons. The van der Waals surface area contributed by atoms with Crippen LogP contribution in [0.5, 0.6) is 0 Å². The lowest BCUT2D eigenvalue weighted by Crippen LogP contribution is -2.81. The fraction of sp³-hybridized carbons (Fsp3) is 0.462. The van der Waals surface area contributed by atoms with Gasteiger partial charge in [-0.1, -0.05) is 59.8 Å². The van der Waals surface area contributed by atoms with Crippen LogP contribution in [0.25, 0.3) is 0 Å². The Bertz CT molecular complexity index is 964. The van der Waals surface area contributed by atoms with Crippen molar-refractivity contribution in [1.29, 1.82) is 0 Å². The summed E-state index contributed by atoms with van der Waals surface area (Å²) in [5, 5.41) is 0. The zero-order valence-corrected chi connectivity index (χ0v) is 33.8. The first kappa shape index (κ1) is 38.7. The van der Waals surface area contributed by atoms with Crippen LogP contribution >= 0.6 is 0 Å². The van der Waals surface area contributed by atoms with E-state index in [0.29, 0.717) is 19.3 Å². The van der Waals surface area contributed by atoms with Crippen molar-refractivity contribution in [1.82, 2.24) is 0 Å². The van der Waals surface area contributed by atoms with E-state index in [4.69, 9.17) is 50.3 Å². The second-order valence-corrected chi connectivity index (χ2v) is 29.7. The highest BCUT2D eigenvalue weighted by Crippen LogP contribution is 2.44. The molecule has 0 N–H and O–H groups in total. The van der Waals surface area contributed by atoms with Crippen LogP contribution < -0.4 is 0 Å². The Morgan fingerprint density at radius 1 is 0.378 bits per heavy atom. The van der Waals surface area contributed by atoms with Crippen LogP contribution in [-0.4, -0.2) is 81.5 Å². The van der Waals surface area contributed by atoms with E-state index in [0.717, 1.165) is 19.3 Å². The molecule has 4 bridgehead atoms. The molecule has 3 heterocycles. The lowest BCUT2D eigenvalue weighted by Gasteiger charge is -2.55. The summed E-state index contributed by atoms with van der Waals surface area (Å²) in [4.78, 5) is 0. The Morgan fingerprint density at radius 3 is 0.778 bits per heavy atom. The summed E-state index contributed by atoms with van der Waals surface area (Å²) in [6.45, 7) is 35.1. The van der Waals surface area contributed by atoms with Gasteiger partial charge in [0.1, 0.15) is 0 Å². The minimum Gasteiger partial charge on any atom is -0.371 e. The van der Waals surface area contributed by atoms with Gasteiger partial charge in [-0.15, -0.1) is 26.3 Å². The topological polar surface area (TPSA) is 111 Å². The molecular weight excluding hydrogens is 701 g/mol. The average Bonchev–Trinajstić information content (AvgIpc) is 3.02. The van der Waals surface area contributed by atoms with E-state index >= 15 is 0 Å². The Labute approximate surface area is 276 Å². The first-order valence-electron chi connectivity index (χ1n) is 15.2. The summed E-state index contributed by atoms with van der Waals surface area (Å²) in [6.07, 6.45) is 4.66. The lowest BCUT2D eigenvalue weighted by molar-refractivity contribution is 0.0118. The number of rotatable bonds is 19. The third-order valence-corrected chi connectivity index (χ3v) is 32.5. The molecule has 0 unspecified atom stereocenters. The van der Waals surface area contributed by atoms with Crippen molar-refractivity contribution < 1.29 is 50.3 Å². The average molecular weight is 749 g/mol. The summed E-state index contributed by atoms with van der Waals surface area (Å²) in [5.41, 5.74) is 10.1. The fourth-order valence-corrected chi connectivity index (χ4v) is 35.7. The third-order valence-electron chi connectivity index (χ3n) is 6.71. The van der Waals surface area contributed by atoms with Gasteiger partial charge in [0.15, 0.2) is 0 Å². The smallest absolute Gasteiger partial charge is 0.371 e. The molecule has 0 aliphatic carbocycles. The highest BCUT2D eigenvalue weighted by atomic mass is 28.6. The predicted molar refractivity (Wildman–Crippen MR) is 184 cm³/mol. The molecule has 3 aliphatic heterocycles. The SMILES string of the molecule is C=C[Si]1(OCCCC)O[Si]2(C=C)O[Si](C=C)(OCCCC)O[Si]3(C=C)O[Si](C=C)(OCCCC)O[Si](C=C)(O1)O[Si](C=C)(O2)O3. The van der Waals surface area contributed by atoms with Gasteiger partial charge in [-0.25, -0.2) is 0 Å². The highest BCUT2D eigenvalue weighted by Gasteiger charge is 2.76. The first-order valence-corrected chi connectivity index (χ1v) is 27.8. The molecular formula is C26H48O12Si7. The van der Waals surface area contributed by atoms with Gasteiger partial charge in [0.25, 0.3) is 0 Å². The standard InChI is InChI=1S/C26H48O12Si7/c1-11-21-24-27-39(14-4)30-42(17-7)32-40(15-5,28-25-22-12-2)34-44(19-9)35-41(16-6,29-26-23-13-3)33-43(18-8,31-39)37-45(20-10,36-42)38-44/h14-20H,4-13,21-26H2,1-3H3. The predicted octanol–water partition coefficient (Wildman–Crippen LogP) is 5.28. The minimum atomic E-state index is -4.21. The van der Waals surface area contributed by atoms with Crippen molar-refractivity contribution in [2.24, 2.45) is 0 Å². The third kappa shape index (κ3) is 8.63. The zero-order chi connectivity index (χ0) is 33.3. The number of hydrogen-bond acceptors (Lipinski definition) is 12. The van der Waals surface area contributed by atoms with Gasteiger partial charge in [0, 0.05) is 19.8 Å². The van der Waals surface area contributed by atoms with Crippen LogP contribution in [0, 0.1) is 0 Å². The fourth-order valence-electron chi connectivity index (χ4n) is 4.28. The monoisotopic (exact) mass is 748 g/mol. The normalized spacial score (nSPS) is 39.6. The van der Waals surface area contributed by atoms with Crippen LogP contribution in [0.2, 0.25) is 0 Å². The van der Waals surface area contributed by atoms with Crippen LogP contribution in [0.4, 0.5) is 0 Å². The first-order chi connectivity index (χ1) is 21.5. The molecule has 45 heavy (non-hydrogen) atoms. The van der Waals surface area contributed by atoms with Gasteiger partial charge in [-0.3, -0.25) is 0 Å². The second kappa shape index (κ2) is 16.1. The van der Waals surface area contributed by atoms with Gasteiger partial charge >= 0.3 is 61.6 Å². The van der Waals surface area contributed by atoms with Crippen LogP contribution in [0.15, 0.2) is 85.9 Å². The van der Waals surface area contributed by atoms with Gasteiger partial charge in [-0.2, -0.15) is 0 Å². The molecule has 0 atom stereocenters. The highest BCUT2D eigenvalue weighted by molar-refractivity contribution is 7.02. The van der Waals surface area contributed by atoms with E-state index < -0.39 is 61.6 Å². The number of fused-ring (bicyclic) bond motifs is 3. The van der Waals surface area contributed by atoms with Crippen molar-refractivity contribution in [2.75, 3.05) is 19.8 Å². The molecule has 3 aliphatic rings. The summed E-state index contributed by atoms with van der Waals surface area (Å²) < 4.78 is 80.4. The van der Waals surface area contributed by atoms with E-state index in [1.54, 1.807) is 0 Å². The van der Waals surface area contributed by atoms with E-state index in [9.17, 15) is 0 Å². The number of unbranched alkanes of at least 4 members (excludes halogenated alkanes) is 3. The second-order valence-electron chi connectivity index (χ2n) is 10.2. The maximum atomic E-state index is 6.80. The lowest BCUT2D eigenvalue weighted by atomic mass is 10.4.